The Bertz CT molecular complexity index is 1610. The van der Waals surface area contributed by atoms with Gasteiger partial charge in [0.1, 0.15) is 12.1 Å². The molecule has 0 bridgehead atoms. The van der Waals surface area contributed by atoms with Crippen LogP contribution < -0.4 is 21.3 Å². The quantitative estimate of drug-likeness (QED) is 0.150. The van der Waals surface area contributed by atoms with E-state index in [1.54, 1.807) is 25.1 Å². The number of alkyl carbamates (subject to hydrolysis) is 1. The Labute approximate surface area is 316 Å². The fourth-order valence-corrected chi connectivity index (χ4v) is 7.11. The number of benzene rings is 2. The highest BCUT2D eigenvalue weighted by Gasteiger charge is 2.45. The van der Waals surface area contributed by atoms with Gasteiger partial charge in [-0.05, 0) is 48.6 Å². The molecule has 14 nitrogen and oxygen atoms in total. The number of hydrogen-bond acceptors (Lipinski definition) is 8. The van der Waals surface area contributed by atoms with Gasteiger partial charge in [-0.1, -0.05) is 107 Å². The molecule has 5 amide bonds. The van der Waals surface area contributed by atoms with E-state index in [4.69, 9.17) is 4.74 Å². The Morgan fingerprint density at radius 1 is 0.870 bits per heavy atom. The lowest BCUT2D eigenvalue weighted by Crippen LogP contribution is -2.58. The Morgan fingerprint density at radius 3 is 2.13 bits per heavy atom. The third-order valence-corrected chi connectivity index (χ3v) is 9.89. The van der Waals surface area contributed by atoms with Crippen molar-refractivity contribution in [3.63, 3.8) is 0 Å². The van der Waals surface area contributed by atoms with E-state index in [1.807, 2.05) is 44.2 Å². The van der Waals surface area contributed by atoms with Gasteiger partial charge in [0.15, 0.2) is 6.04 Å². The summed E-state index contributed by atoms with van der Waals surface area (Å²) in [7, 11) is 0. The standard InChI is InChI=1S/C40H53N5O9/c1-4-14-30(35(47)37(49)41-22-32(46)43-34(39(51)52)28-19-12-7-13-20-28)42-36(48)31-21-29(26-15-8-5-9-16-26)23-45(31)38(50)33(27-17-10-6-11-18-27)44-40(53)54-24-25(2)3/h5,7-9,12-13,15-16,19-20,25,27,29-31,33-34H,4,6,10-11,14,17-18,21-24H2,1-3H3,(H,41,49)(H,42,48)(H,43,46)(H,44,53)(H,51,52)/t29-,30?,31+,33+,34?/m1/s1. The van der Waals surface area contributed by atoms with Crippen LogP contribution in [0.1, 0.15) is 95.2 Å². The highest BCUT2D eigenvalue weighted by atomic mass is 16.5. The van der Waals surface area contributed by atoms with E-state index in [9.17, 15) is 38.7 Å². The van der Waals surface area contributed by atoms with Crippen molar-refractivity contribution in [3.05, 3.63) is 71.8 Å². The van der Waals surface area contributed by atoms with Crippen LogP contribution >= 0.6 is 0 Å². The number of hydrogen-bond donors (Lipinski definition) is 5. The van der Waals surface area contributed by atoms with Crippen LogP contribution in [-0.4, -0.2) is 89.3 Å². The first-order chi connectivity index (χ1) is 25.9. The lowest BCUT2D eigenvalue weighted by atomic mass is 9.83. The molecule has 14 heteroatoms. The molecule has 0 radical (unpaired) electrons. The summed E-state index contributed by atoms with van der Waals surface area (Å²) in [5.74, 6) is -5.52. The molecule has 1 heterocycles. The molecular weight excluding hydrogens is 694 g/mol. The Morgan fingerprint density at radius 2 is 1.52 bits per heavy atom. The Hall–Kier alpha value is -5.27. The fourth-order valence-electron chi connectivity index (χ4n) is 7.11. The van der Waals surface area contributed by atoms with Gasteiger partial charge < -0.3 is 36.0 Å². The maximum absolute atomic E-state index is 14.5. The molecule has 1 aliphatic heterocycles. The number of rotatable bonds is 17. The second-order valence-corrected chi connectivity index (χ2v) is 14.5. The molecule has 1 saturated carbocycles. The predicted octanol–water partition coefficient (Wildman–Crippen LogP) is 3.61. The molecule has 2 unspecified atom stereocenters. The van der Waals surface area contributed by atoms with E-state index in [0.717, 1.165) is 37.7 Å². The van der Waals surface area contributed by atoms with Gasteiger partial charge >= 0.3 is 12.1 Å². The van der Waals surface area contributed by atoms with Crippen LogP contribution in [-0.2, 0) is 33.5 Å². The van der Waals surface area contributed by atoms with Gasteiger partial charge in [-0.25, -0.2) is 9.59 Å². The number of carbonyl (C=O) groups is 7. The Balaban J connectivity index is 1.49. The van der Waals surface area contributed by atoms with Crippen LogP contribution in [0.25, 0.3) is 0 Å². The molecule has 292 valence electrons. The zero-order valence-corrected chi connectivity index (χ0v) is 31.3. The number of carboxylic acid groups (broad SMARTS) is 1. The minimum atomic E-state index is -1.37. The zero-order chi connectivity index (χ0) is 39.2. The van der Waals surface area contributed by atoms with Crippen LogP contribution in [0.2, 0.25) is 0 Å². The average Bonchev–Trinajstić information content (AvgIpc) is 3.63. The topological polar surface area (TPSA) is 200 Å². The van der Waals surface area contributed by atoms with Crippen molar-refractivity contribution in [1.82, 2.24) is 26.2 Å². The summed E-state index contributed by atoms with van der Waals surface area (Å²) in [6.07, 6.45) is 4.40. The van der Waals surface area contributed by atoms with Crippen molar-refractivity contribution >= 4 is 41.5 Å². The smallest absolute Gasteiger partial charge is 0.407 e. The number of ether oxygens (including phenoxy) is 1. The number of carboxylic acids is 1. The molecule has 5 atom stereocenters. The molecule has 1 aliphatic carbocycles. The molecule has 0 spiro atoms. The van der Waals surface area contributed by atoms with Crippen LogP contribution in [0.3, 0.4) is 0 Å². The number of carbonyl (C=O) groups excluding carboxylic acids is 6. The van der Waals surface area contributed by atoms with Gasteiger partial charge in [0.05, 0.1) is 19.2 Å². The third-order valence-electron chi connectivity index (χ3n) is 9.89. The maximum Gasteiger partial charge on any atom is 0.407 e. The molecule has 2 aromatic carbocycles. The summed E-state index contributed by atoms with van der Waals surface area (Å²) in [4.78, 5) is 93.8. The van der Waals surface area contributed by atoms with Crippen molar-refractivity contribution in [2.24, 2.45) is 11.8 Å². The second-order valence-electron chi connectivity index (χ2n) is 14.5. The summed E-state index contributed by atoms with van der Waals surface area (Å²) >= 11 is 0. The summed E-state index contributed by atoms with van der Waals surface area (Å²) in [6, 6.07) is 13.0. The van der Waals surface area contributed by atoms with E-state index in [0.29, 0.717) is 12.0 Å². The lowest BCUT2D eigenvalue weighted by Gasteiger charge is -2.34. The number of nitrogens with one attached hydrogen (secondary N) is 4. The van der Waals surface area contributed by atoms with Crippen molar-refractivity contribution in [1.29, 1.82) is 0 Å². The Kier molecular flexibility index (Phi) is 15.6. The van der Waals surface area contributed by atoms with Crippen molar-refractivity contribution in [2.45, 2.75) is 102 Å². The number of amides is 5. The molecule has 54 heavy (non-hydrogen) atoms. The molecule has 4 rings (SSSR count). The molecule has 1 saturated heterocycles. The van der Waals surface area contributed by atoms with Crippen LogP contribution in [0, 0.1) is 11.8 Å². The highest BCUT2D eigenvalue weighted by Crippen LogP contribution is 2.35. The van der Waals surface area contributed by atoms with E-state index in [-0.39, 0.29) is 43.7 Å². The van der Waals surface area contributed by atoms with Gasteiger partial charge in [0, 0.05) is 12.5 Å². The number of nitrogens with zero attached hydrogens (tertiary/aromatic N) is 1. The maximum atomic E-state index is 14.5. The van der Waals surface area contributed by atoms with Gasteiger partial charge in [-0.3, -0.25) is 24.0 Å². The van der Waals surface area contributed by atoms with Crippen molar-refractivity contribution in [3.8, 4) is 0 Å². The number of aliphatic carboxylic acids is 1. The number of ketones is 1. The lowest BCUT2D eigenvalue weighted by molar-refractivity contribution is -0.144. The summed E-state index contributed by atoms with van der Waals surface area (Å²) in [5, 5.41) is 19.7. The zero-order valence-electron chi connectivity index (χ0n) is 31.3. The summed E-state index contributed by atoms with van der Waals surface area (Å²) < 4.78 is 5.39. The normalized spacial score (nSPS) is 18.9. The minimum Gasteiger partial charge on any atom is -0.479 e. The fraction of sp³-hybridized carbons (Fsp3) is 0.525. The monoisotopic (exact) mass is 747 g/mol. The van der Waals surface area contributed by atoms with Gasteiger partial charge in [0.25, 0.3) is 5.91 Å². The molecule has 5 N–H and O–H groups in total. The van der Waals surface area contributed by atoms with Crippen molar-refractivity contribution < 1.29 is 43.4 Å². The summed E-state index contributed by atoms with van der Waals surface area (Å²) in [6.45, 7) is 5.32. The first-order valence-corrected chi connectivity index (χ1v) is 18.9. The number of likely N-dealkylation sites (tertiary alicyclic amines) is 1. The predicted molar refractivity (Wildman–Crippen MR) is 199 cm³/mol. The van der Waals surface area contributed by atoms with Gasteiger partial charge in [0.2, 0.25) is 23.5 Å². The molecule has 2 aliphatic rings. The first-order valence-electron chi connectivity index (χ1n) is 18.9. The minimum absolute atomic E-state index is 0.0971. The average molecular weight is 748 g/mol. The van der Waals surface area contributed by atoms with E-state index >= 15 is 0 Å². The van der Waals surface area contributed by atoms with E-state index < -0.39 is 72.2 Å². The van der Waals surface area contributed by atoms with Crippen molar-refractivity contribution in [2.75, 3.05) is 19.7 Å². The number of Topliss-reactive ketones (excluding diaryl/α,β-unsaturated/α-hetero) is 1. The summed E-state index contributed by atoms with van der Waals surface area (Å²) in [5.41, 5.74) is 1.26. The second kappa shape index (κ2) is 20.3. The SMILES string of the molecule is CCCC(NC(=O)[C@@H]1C[C@@H](c2ccccc2)CN1C(=O)[C@@H](NC(=O)OCC(C)C)C1CCCCC1)C(=O)C(=O)NCC(=O)NC(C(=O)O)c1ccccc1. The van der Waals surface area contributed by atoms with Gasteiger partial charge in [-0.2, -0.15) is 0 Å². The van der Waals surface area contributed by atoms with E-state index in [2.05, 4.69) is 21.3 Å². The molecular formula is C40H53N5O9. The molecule has 2 aromatic rings. The molecule has 0 aromatic heterocycles. The molecule has 2 fully saturated rings. The van der Waals surface area contributed by atoms with Crippen LogP contribution in [0.15, 0.2) is 60.7 Å². The van der Waals surface area contributed by atoms with Gasteiger partial charge in [-0.15, -0.1) is 0 Å². The van der Waals surface area contributed by atoms with Crippen LogP contribution in [0.4, 0.5) is 4.79 Å². The third kappa shape index (κ3) is 11.6. The largest absolute Gasteiger partial charge is 0.479 e. The highest BCUT2D eigenvalue weighted by molar-refractivity contribution is 6.38. The van der Waals surface area contributed by atoms with E-state index in [1.165, 1.54) is 17.0 Å². The first kappa shape index (κ1) is 41.5. The van der Waals surface area contributed by atoms with Crippen LogP contribution in [0.5, 0.6) is 0 Å².